The highest BCUT2D eigenvalue weighted by atomic mass is 35.5. The highest BCUT2D eigenvalue weighted by Crippen LogP contribution is 2.36. The minimum atomic E-state index is -0.233. The predicted octanol–water partition coefficient (Wildman–Crippen LogP) is 5.97. The van der Waals surface area contributed by atoms with Crippen molar-refractivity contribution >= 4 is 28.4 Å². The van der Waals surface area contributed by atoms with Gasteiger partial charge in [-0.2, -0.15) is 0 Å². The lowest BCUT2D eigenvalue weighted by molar-refractivity contribution is -0.123. The van der Waals surface area contributed by atoms with E-state index in [0.717, 1.165) is 47.7 Å². The summed E-state index contributed by atoms with van der Waals surface area (Å²) in [6.45, 7) is 1.92. The molecule has 1 unspecified atom stereocenters. The van der Waals surface area contributed by atoms with E-state index in [1.807, 2.05) is 37.3 Å². The molecule has 2 aromatic carbocycles. The van der Waals surface area contributed by atoms with E-state index >= 15 is 0 Å². The molecule has 3 nitrogen and oxygen atoms in total. The van der Waals surface area contributed by atoms with Gasteiger partial charge >= 0.3 is 0 Å². The molecule has 0 saturated heterocycles. The monoisotopic (exact) mass is 410 g/mol. The lowest BCUT2D eigenvalue weighted by Crippen LogP contribution is -2.39. The smallest absolute Gasteiger partial charge is 0.227 e. The second kappa shape index (κ2) is 8.50. The van der Waals surface area contributed by atoms with Crippen molar-refractivity contribution in [3.63, 3.8) is 0 Å². The third-order valence-electron chi connectivity index (χ3n) is 6.01. The first kappa shape index (κ1) is 19.8. The maximum Gasteiger partial charge on any atom is 0.227 e. The molecule has 1 aromatic heterocycles. The molecule has 0 aliphatic heterocycles. The summed E-state index contributed by atoms with van der Waals surface area (Å²) in [4.78, 5) is 17.0. The number of carbonyl (C=O) groups is 1. The molecule has 3 aromatic rings. The number of halogens is 2. The van der Waals surface area contributed by atoms with Gasteiger partial charge in [0, 0.05) is 22.6 Å². The Morgan fingerprint density at radius 1 is 1.10 bits per heavy atom. The summed E-state index contributed by atoms with van der Waals surface area (Å²) in [5.74, 6) is -0.0302. The number of aromatic nitrogens is 1. The Kier molecular flexibility index (Phi) is 5.81. The Hall–Kier alpha value is -2.46. The van der Waals surface area contributed by atoms with Crippen molar-refractivity contribution in [2.75, 3.05) is 0 Å². The van der Waals surface area contributed by atoms with Crippen molar-refractivity contribution in [3.8, 4) is 0 Å². The predicted molar refractivity (Wildman–Crippen MR) is 115 cm³/mol. The van der Waals surface area contributed by atoms with Gasteiger partial charge in [-0.1, -0.05) is 23.7 Å². The van der Waals surface area contributed by atoms with E-state index in [1.54, 1.807) is 18.3 Å². The minimum Gasteiger partial charge on any atom is -0.353 e. The van der Waals surface area contributed by atoms with Crippen molar-refractivity contribution in [2.24, 2.45) is 0 Å². The highest BCUT2D eigenvalue weighted by Gasteiger charge is 2.26. The van der Waals surface area contributed by atoms with Gasteiger partial charge in [-0.15, -0.1) is 0 Å². The molecule has 29 heavy (non-hydrogen) atoms. The number of hydrogen-bond donors (Lipinski definition) is 1. The number of amides is 1. The molecule has 1 N–H and O–H groups in total. The number of nitrogens with one attached hydrogen (secondary N) is 1. The number of fused-ring (bicyclic) bond motifs is 1. The number of nitrogens with zero attached hydrogens (tertiary/aromatic N) is 1. The average molecular weight is 411 g/mol. The summed E-state index contributed by atoms with van der Waals surface area (Å²) in [6, 6.07) is 14.4. The zero-order valence-corrected chi connectivity index (χ0v) is 17.1. The molecular formula is C24H24ClFN2O. The topological polar surface area (TPSA) is 42.0 Å². The van der Waals surface area contributed by atoms with Crippen molar-refractivity contribution in [1.29, 1.82) is 0 Å². The van der Waals surface area contributed by atoms with Gasteiger partial charge in [0.1, 0.15) is 5.82 Å². The van der Waals surface area contributed by atoms with E-state index in [4.69, 9.17) is 11.6 Å². The van der Waals surface area contributed by atoms with Gasteiger partial charge in [-0.3, -0.25) is 9.78 Å². The van der Waals surface area contributed by atoms with Crippen LogP contribution in [0.4, 0.5) is 4.39 Å². The maximum absolute atomic E-state index is 13.7. The molecule has 1 heterocycles. The van der Waals surface area contributed by atoms with Crippen LogP contribution < -0.4 is 5.32 Å². The van der Waals surface area contributed by atoms with Gasteiger partial charge < -0.3 is 5.32 Å². The van der Waals surface area contributed by atoms with Gasteiger partial charge in [-0.25, -0.2) is 4.39 Å². The van der Waals surface area contributed by atoms with Crippen molar-refractivity contribution < 1.29 is 9.18 Å². The van der Waals surface area contributed by atoms with Crippen LogP contribution in [-0.2, 0) is 4.79 Å². The molecule has 1 aliphatic rings. The lowest BCUT2D eigenvalue weighted by Gasteiger charge is -2.30. The summed E-state index contributed by atoms with van der Waals surface area (Å²) < 4.78 is 13.7. The zero-order chi connectivity index (χ0) is 20.4. The SMILES string of the molecule is CC(C(=O)N[C@H]1CC[C@@H](c2ccnc3ccc(F)cc32)CC1)c1ccc(Cl)cc1. The van der Waals surface area contributed by atoms with Crippen LogP contribution in [0.5, 0.6) is 0 Å². The quantitative estimate of drug-likeness (QED) is 0.575. The average Bonchev–Trinajstić information content (AvgIpc) is 2.74. The van der Waals surface area contributed by atoms with Gasteiger partial charge in [-0.05, 0) is 86.1 Å². The van der Waals surface area contributed by atoms with Crippen LogP contribution in [0.25, 0.3) is 10.9 Å². The Morgan fingerprint density at radius 3 is 2.55 bits per heavy atom. The molecule has 1 saturated carbocycles. The maximum atomic E-state index is 13.7. The second-order valence-electron chi connectivity index (χ2n) is 7.89. The fraction of sp³-hybridized carbons (Fsp3) is 0.333. The largest absolute Gasteiger partial charge is 0.353 e. The molecule has 0 radical (unpaired) electrons. The molecular weight excluding hydrogens is 387 g/mol. The highest BCUT2D eigenvalue weighted by molar-refractivity contribution is 6.30. The van der Waals surface area contributed by atoms with Crippen LogP contribution in [0.2, 0.25) is 5.02 Å². The van der Waals surface area contributed by atoms with Crippen molar-refractivity contribution in [2.45, 2.75) is 50.5 Å². The van der Waals surface area contributed by atoms with Crippen LogP contribution in [0.15, 0.2) is 54.7 Å². The first-order valence-corrected chi connectivity index (χ1v) is 10.5. The third-order valence-corrected chi connectivity index (χ3v) is 6.27. The molecule has 1 atom stereocenters. The molecule has 150 valence electrons. The number of rotatable bonds is 4. The third kappa shape index (κ3) is 4.43. The Balaban J connectivity index is 1.39. The Labute approximate surface area is 175 Å². The van der Waals surface area contributed by atoms with Gasteiger partial charge in [0.25, 0.3) is 0 Å². The summed E-state index contributed by atoms with van der Waals surface area (Å²) in [5, 5.41) is 4.77. The summed E-state index contributed by atoms with van der Waals surface area (Å²) in [7, 11) is 0. The van der Waals surface area contributed by atoms with E-state index in [9.17, 15) is 9.18 Å². The van der Waals surface area contributed by atoms with Crippen LogP contribution in [0, 0.1) is 5.82 Å². The molecule has 5 heteroatoms. The van der Waals surface area contributed by atoms with E-state index in [0.29, 0.717) is 10.9 Å². The number of hydrogen-bond acceptors (Lipinski definition) is 2. The van der Waals surface area contributed by atoms with E-state index < -0.39 is 0 Å². The van der Waals surface area contributed by atoms with E-state index in [2.05, 4.69) is 10.3 Å². The summed E-state index contributed by atoms with van der Waals surface area (Å²) >= 11 is 5.94. The standard InChI is InChI=1S/C24H24ClFN2O/c1-15(16-2-6-18(25)7-3-16)24(29)28-20-9-4-17(5-10-20)21-12-13-27-23-11-8-19(26)14-22(21)23/h2-3,6-8,11-15,17,20H,4-5,9-10H2,1H3,(H,28,29)/t15?,17-,20+. The molecule has 0 bridgehead atoms. The van der Waals surface area contributed by atoms with Crippen molar-refractivity contribution in [3.05, 3.63) is 76.7 Å². The minimum absolute atomic E-state index is 0.0483. The molecule has 0 spiro atoms. The second-order valence-corrected chi connectivity index (χ2v) is 8.33. The number of benzene rings is 2. The van der Waals surface area contributed by atoms with Crippen LogP contribution in [0.1, 0.15) is 55.6 Å². The number of carbonyl (C=O) groups excluding carboxylic acids is 1. The summed E-state index contributed by atoms with van der Waals surface area (Å²) in [6.07, 6.45) is 5.58. The fourth-order valence-corrected chi connectivity index (χ4v) is 4.40. The number of pyridine rings is 1. The van der Waals surface area contributed by atoms with Crippen molar-refractivity contribution in [1.82, 2.24) is 10.3 Å². The molecule has 1 fully saturated rings. The van der Waals surface area contributed by atoms with Gasteiger partial charge in [0.2, 0.25) is 5.91 Å². The van der Waals surface area contributed by atoms with Gasteiger partial charge in [0.05, 0.1) is 11.4 Å². The Morgan fingerprint density at radius 2 is 1.83 bits per heavy atom. The van der Waals surface area contributed by atoms with Gasteiger partial charge in [0.15, 0.2) is 0 Å². The van der Waals surface area contributed by atoms with Crippen LogP contribution in [0.3, 0.4) is 0 Å². The van der Waals surface area contributed by atoms with E-state index in [-0.39, 0.29) is 23.7 Å². The fourth-order valence-electron chi connectivity index (χ4n) is 4.27. The first-order valence-electron chi connectivity index (χ1n) is 10.1. The summed E-state index contributed by atoms with van der Waals surface area (Å²) in [5.41, 5.74) is 2.95. The Bertz CT molecular complexity index is 1010. The van der Waals surface area contributed by atoms with Crippen LogP contribution in [-0.4, -0.2) is 16.9 Å². The molecule has 4 rings (SSSR count). The normalized spacial score (nSPS) is 20.4. The zero-order valence-electron chi connectivity index (χ0n) is 16.4. The molecule has 1 amide bonds. The lowest BCUT2D eigenvalue weighted by atomic mass is 9.80. The molecule has 1 aliphatic carbocycles. The van der Waals surface area contributed by atoms with Crippen LogP contribution >= 0.6 is 11.6 Å². The van der Waals surface area contributed by atoms with E-state index in [1.165, 1.54) is 6.07 Å². The first-order chi connectivity index (χ1) is 14.0.